The van der Waals surface area contributed by atoms with Crippen LogP contribution in [0.1, 0.15) is 5.56 Å². The van der Waals surface area contributed by atoms with E-state index in [1.165, 1.54) is 0 Å². The second kappa shape index (κ2) is 6.45. The Morgan fingerprint density at radius 1 is 1.17 bits per heavy atom. The summed E-state index contributed by atoms with van der Waals surface area (Å²) in [5.74, 6) is 0.364. The molecule has 0 bridgehead atoms. The molecule has 1 aromatic heterocycles. The smallest absolute Gasteiger partial charge is 0.307 e. The summed E-state index contributed by atoms with van der Waals surface area (Å²) in [6.07, 6.45) is -0.129. The van der Waals surface area contributed by atoms with Gasteiger partial charge in [0.15, 0.2) is 0 Å². The summed E-state index contributed by atoms with van der Waals surface area (Å²) in [4.78, 5) is 14.6. The summed E-state index contributed by atoms with van der Waals surface area (Å²) in [5.41, 5.74) is 2.90. The van der Waals surface area contributed by atoms with Crippen LogP contribution in [0.4, 0.5) is 0 Å². The highest BCUT2D eigenvalue weighted by Gasteiger charge is 2.19. The summed E-state index contributed by atoms with van der Waals surface area (Å²) in [5, 5.41) is 10.6. The van der Waals surface area contributed by atoms with Gasteiger partial charge in [0, 0.05) is 21.5 Å². The molecule has 124 valence electrons. The third-order valence-corrected chi connectivity index (χ3v) is 4.11. The Morgan fingerprint density at radius 2 is 1.96 bits per heavy atom. The molecule has 2 aromatic carbocycles. The van der Waals surface area contributed by atoms with Gasteiger partial charge < -0.3 is 19.6 Å². The van der Waals surface area contributed by atoms with Crippen LogP contribution in [-0.4, -0.2) is 30.3 Å². The van der Waals surface area contributed by atoms with Crippen molar-refractivity contribution in [1.29, 1.82) is 0 Å². The summed E-state index contributed by atoms with van der Waals surface area (Å²) in [7, 11) is 3.15. The quantitative estimate of drug-likeness (QED) is 0.729. The van der Waals surface area contributed by atoms with Gasteiger partial charge in [-0.1, -0.05) is 11.6 Å². The van der Waals surface area contributed by atoms with E-state index in [2.05, 4.69) is 4.98 Å². The van der Waals surface area contributed by atoms with E-state index >= 15 is 0 Å². The molecule has 0 saturated carbocycles. The van der Waals surface area contributed by atoms with Crippen molar-refractivity contribution in [2.75, 3.05) is 14.2 Å². The zero-order chi connectivity index (χ0) is 17.3. The molecular formula is C18H16ClNO4. The average molecular weight is 346 g/mol. The van der Waals surface area contributed by atoms with Crippen molar-refractivity contribution in [3.63, 3.8) is 0 Å². The van der Waals surface area contributed by atoms with Gasteiger partial charge in [-0.15, -0.1) is 0 Å². The normalized spacial score (nSPS) is 10.8. The lowest BCUT2D eigenvalue weighted by molar-refractivity contribution is -0.136. The number of rotatable bonds is 5. The Bertz CT molecular complexity index is 917. The van der Waals surface area contributed by atoms with Gasteiger partial charge in [0.1, 0.15) is 11.5 Å². The second-order valence-corrected chi connectivity index (χ2v) is 5.74. The molecule has 0 aliphatic carbocycles. The molecule has 0 amide bonds. The fourth-order valence-electron chi connectivity index (χ4n) is 2.79. The van der Waals surface area contributed by atoms with Crippen molar-refractivity contribution in [3.8, 4) is 22.8 Å². The first-order valence-corrected chi connectivity index (χ1v) is 7.65. The highest BCUT2D eigenvalue weighted by atomic mass is 35.5. The Balaban J connectivity index is 2.31. The lowest BCUT2D eigenvalue weighted by atomic mass is 10.0. The summed E-state index contributed by atoms with van der Waals surface area (Å²) in [6.45, 7) is 0. The molecule has 3 rings (SSSR count). The van der Waals surface area contributed by atoms with E-state index in [0.717, 1.165) is 16.5 Å². The molecule has 5 nitrogen and oxygen atoms in total. The monoisotopic (exact) mass is 345 g/mol. The number of aliphatic carboxylic acids is 1. The number of carboxylic acid groups (broad SMARTS) is 1. The molecule has 0 aliphatic rings. The lowest BCUT2D eigenvalue weighted by Crippen LogP contribution is -2.01. The van der Waals surface area contributed by atoms with Crippen molar-refractivity contribution in [2.24, 2.45) is 0 Å². The van der Waals surface area contributed by atoms with Crippen LogP contribution in [-0.2, 0) is 11.2 Å². The molecule has 24 heavy (non-hydrogen) atoms. The number of ether oxygens (including phenoxy) is 2. The van der Waals surface area contributed by atoms with E-state index in [1.807, 2.05) is 12.1 Å². The highest BCUT2D eigenvalue weighted by Crippen LogP contribution is 2.38. The van der Waals surface area contributed by atoms with E-state index in [0.29, 0.717) is 27.8 Å². The van der Waals surface area contributed by atoms with Crippen LogP contribution in [0.15, 0.2) is 36.4 Å². The highest BCUT2D eigenvalue weighted by molar-refractivity contribution is 6.31. The van der Waals surface area contributed by atoms with Gasteiger partial charge in [-0.2, -0.15) is 0 Å². The molecule has 3 aromatic rings. The van der Waals surface area contributed by atoms with E-state index in [4.69, 9.17) is 21.1 Å². The topological polar surface area (TPSA) is 71.5 Å². The zero-order valence-corrected chi connectivity index (χ0v) is 14.0. The Kier molecular flexibility index (Phi) is 4.36. The number of fused-ring (bicyclic) bond motifs is 1. The zero-order valence-electron chi connectivity index (χ0n) is 13.2. The van der Waals surface area contributed by atoms with Crippen molar-refractivity contribution in [1.82, 2.24) is 4.98 Å². The maximum atomic E-state index is 11.4. The molecule has 6 heteroatoms. The number of aromatic nitrogens is 1. The fourth-order valence-corrected chi connectivity index (χ4v) is 2.97. The number of carboxylic acids is 1. The van der Waals surface area contributed by atoms with Crippen LogP contribution in [0.2, 0.25) is 5.02 Å². The van der Waals surface area contributed by atoms with E-state index < -0.39 is 5.97 Å². The minimum atomic E-state index is -0.918. The van der Waals surface area contributed by atoms with Crippen molar-refractivity contribution in [3.05, 3.63) is 47.0 Å². The lowest BCUT2D eigenvalue weighted by Gasteiger charge is -2.11. The van der Waals surface area contributed by atoms with E-state index in [9.17, 15) is 9.90 Å². The minimum absolute atomic E-state index is 0.129. The predicted octanol–water partition coefficient (Wildman–Crippen LogP) is 4.13. The van der Waals surface area contributed by atoms with Crippen molar-refractivity contribution >= 4 is 28.5 Å². The average Bonchev–Trinajstić information content (AvgIpc) is 2.91. The minimum Gasteiger partial charge on any atom is -0.497 e. The third kappa shape index (κ3) is 2.90. The molecule has 0 fully saturated rings. The summed E-state index contributed by atoms with van der Waals surface area (Å²) < 4.78 is 10.7. The molecule has 0 atom stereocenters. The third-order valence-electron chi connectivity index (χ3n) is 3.87. The molecule has 0 saturated heterocycles. The second-order valence-electron chi connectivity index (χ2n) is 5.31. The molecule has 0 radical (unpaired) electrons. The number of H-pyrrole nitrogens is 1. The maximum Gasteiger partial charge on any atom is 0.307 e. The van der Waals surface area contributed by atoms with Gasteiger partial charge in [-0.25, -0.2) is 0 Å². The first-order chi connectivity index (χ1) is 11.5. The van der Waals surface area contributed by atoms with Crippen LogP contribution in [0, 0.1) is 0 Å². The Morgan fingerprint density at radius 3 is 2.62 bits per heavy atom. The van der Waals surface area contributed by atoms with E-state index in [1.54, 1.807) is 38.5 Å². The Hall–Kier alpha value is -2.66. The first-order valence-electron chi connectivity index (χ1n) is 7.27. The summed E-state index contributed by atoms with van der Waals surface area (Å²) in [6, 6.07) is 10.8. The van der Waals surface area contributed by atoms with Crippen molar-refractivity contribution < 1.29 is 19.4 Å². The van der Waals surface area contributed by atoms with E-state index in [-0.39, 0.29) is 6.42 Å². The molecule has 0 aliphatic heterocycles. The number of halogens is 1. The van der Waals surface area contributed by atoms with Gasteiger partial charge in [0.25, 0.3) is 0 Å². The first kappa shape index (κ1) is 16.2. The van der Waals surface area contributed by atoms with Crippen LogP contribution < -0.4 is 9.47 Å². The fraction of sp³-hybridized carbons (Fsp3) is 0.167. The number of carbonyl (C=O) groups is 1. The SMILES string of the molecule is COc1ccc(OC)c(-c2[nH]c3ccc(Cl)cc3c2CC(=O)O)c1. The van der Waals surface area contributed by atoms with Gasteiger partial charge >= 0.3 is 5.97 Å². The predicted molar refractivity (Wildman–Crippen MR) is 93.2 cm³/mol. The number of aromatic amines is 1. The number of nitrogens with one attached hydrogen (secondary N) is 1. The molecule has 0 spiro atoms. The van der Waals surface area contributed by atoms with Crippen molar-refractivity contribution in [2.45, 2.75) is 6.42 Å². The maximum absolute atomic E-state index is 11.4. The number of hydrogen-bond acceptors (Lipinski definition) is 3. The van der Waals surface area contributed by atoms with Crippen LogP contribution in [0.25, 0.3) is 22.2 Å². The number of hydrogen-bond donors (Lipinski definition) is 2. The van der Waals surface area contributed by atoms with Gasteiger partial charge in [0.05, 0.1) is 26.3 Å². The standard InChI is InChI=1S/C18H16ClNO4/c1-23-11-4-6-16(24-2)14(8-11)18-13(9-17(21)22)12-7-10(19)3-5-15(12)20-18/h3-8,20H,9H2,1-2H3,(H,21,22). The van der Waals surface area contributed by atoms with Crippen LogP contribution >= 0.6 is 11.6 Å². The summed E-state index contributed by atoms with van der Waals surface area (Å²) >= 11 is 6.08. The van der Waals surface area contributed by atoms with Crippen LogP contribution in [0.5, 0.6) is 11.5 Å². The van der Waals surface area contributed by atoms with Crippen LogP contribution in [0.3, 0.4) is 0 Å². The largest absolute Gasteiger partial charge is 0.497 e. The Labute approximate surface area is 143 Å². The molecule has 1 heterocycles. The van der Waals surface area contributed by atoms with Gasteiger partial charge in [-0.05, 0) is 42.0 Å². The number of benzene rings is 2. The molecular weight excluding hydrogens is 330 g/mol. The molecule has 0 unspecified atom stereocenters. The molecule has 2 N–H and O–H groups in total. The number of methoxy groups -OCH3 is 2. The van der Waals surface area contributed by atoms with Gasteiger partial charge in [0.2, 0.25) is 0 Å². The van der Waals surface area contributed by atoms with Gasteiger partial charge in [-0.3, -0.25) is 4.79 Å².